The number of ketones is 1. The molecule has 1 fully saturated rings. The zero-order chi connectivity index (χ0) is 20.8. The lowest BCUT2D eigenvalue weighted by Crippen LogP contribution is -2.29. The molecule has 3 aromatic carbocycles. The molecular formula is C26H26N2O2. The van der Waals surface area contributed by atoms with Crippen LogP contribution in [-0.4, -0.2) is 29.7 Å². The van der Waals surface area contributed by atoms with E-state index < -0.39 is 0 Å². The zero-order valence-corrected chi connectivity index (χ0v) is 17.0. The first kappa shape index (κ1) is 20.0. The van der Waals surface area contributed by atoms with Gasteiger partial charge in [0.1, 0.15) is 0 Å². The van der Waals surface area contributed by atoms with E-state index in [-0.39, 0.29) is 11.7 Å². The van der Waals surface area contributed by atoms with Crippen LogP contribution in [0.15, 0.2) is 78.9 Å². The van der Waals surface area contributed by atoms with Gasteiger partial charge < -0.3 is 5.32 Å². The number of anilines is 1. The molecule has 1 saturated heterocycles. The molecule has 0 radical (unpaired) electrons. The Morgan fingerprint density at radius 1 is 0.733 bits per heavy atom. The number of carbonyl (C=O) groups is 2. The molecular weight excluding hydrogens is 372 g/mol. The number of piperidine rings is 1. The second-order valence-electron chi connectivity index (χ2n) is 7.73. The summed E-state index contributed by atoms with van der Waals surface area (Å²) in [7, 11) is 0. The first-order valence-electron chi connectivity index (χ1n) is 10.5. The van der Waals surface area contributed by atoms with Gasteiger partial charge in [0.2, 0.25) is 0 Å². The standard InChI is InChI=1S/C26H26N2O2/c29-25(21-9-3-1-4-10-21)23-11-5-6-12-24(23)26(30)27-22-15-13-20(14-16-22)19-28-17-7-2-8-18-28/h1,3-6,9-16H,2,7-8,17-19H2,(H,27,30). The van der Waals surface area contributed by atoms with E-state index in [2.05, 4.69) is 22.3 Å². The van der Waals surface area contributed by atoms with Crippen molar-refractivity contribution in [3.05, 3.63) is 101 Å². The van der Waals surface area contributed by atoms with Crippen LogP contribution in [0.2, 0.25) is 0 Å². The number of likely N-dealkylation sites (tertiary alicyclic amines) is 1. The summed E-state index contributed by atoms with van der Waals surface area (Å²) in [6, 6.07) is 24.0. The van der Waals surface area contributed by atoms with Crippen LogP contribution in [0.4, 0.5) is 5.69 Å². The van der Waals surface area contributed by atoms with Gasteiger partial charge in [-0.2, -0.15) is 0 Å². The summed E-state index contributed by atoms with van der Waals surface area (Å²) in [6.07, 6.45) is 3.88. The van der Waals surface area contributed by atoms with Crippen molar-refractivity contribution in [1.82, 2.24) is 4.90 Å². The topological polar surface area (TPSA) is 49.4 Å². The van der Waals surface area contributed by atoms with E-state index >= 15 is 0 Å². The van der Waals surface area contributed by atoms with Crippen molar-refractivity contribution >= 4 is 17.4 Å². The normalized spacial score (nSPS) is 14.3. The van der Waals surface area contributed by atoms with Gasteiger partial charge in [-0.05, 0) is 49.7 Å². The lowest BCUT2D eigenvalue weighted by molar-refractivity contribution is 0.0996. The number of amides is 1. The molecule has 1 amide bonds. The number of carbonyl (C=O) groups excluding carboxylic acids is 2. The van der Waals surface area contributed by atoms with Gasteiger partial charge in [-0.25, -0.2) is 0 Å². The summed E-state index contributed by atoms with van der Waals surface area (Å²) in [5.41, 5.74) is 3.32. The van der Waals surface area contributed by atoms with Crippen molar-refractivity contribution in [3.63, 3.8) is 0 Å². The van der Waals surface area contributed by atoms with Gasteiger partial charge >= 0.3 is 0 Å². The number of rotatable bonds is 6. The van der Waals surface area contributed by atoms with Gasteiger partial charge in [0.25, 0.3) is 5.91 Å². The molecule has 0 aromatic heterocycles. The SMILES string of the molecule is O=C(Nc1ccc(CN2CCCCC2)cc1)c1ccccc1C(=O)c1ccccc1. The number of nitrogens with one attached hydrogen (secondary N) is 1. The van der Waals surface area contributed by atoms with Gasteiger partial charge in [-0.1, -0.05) is 67.1 Å². The fourth-order valence-electron chi connectivity index (χ4n) is 3.89. The number of hydrogen-bond acceptors (Lipinski definition) is 3. The van der Waals surface area contributed by atoms with Gasteiger partial charge in [0.05, 0.1) is 5.56 Å². The minimum Gasteiger partial charge on any atom is -0.322 e. The lowest BCUT2D eigenvalue weighted by Gasteiger charge is -2.26. The summed E-state index contributed by atoms with van der Waals surface area (Å²) in [5, 5.41) is 2.93. The quantitative estimate of drug-likeness (QED) is 0.584. The Morgan fingerprint density at radius 2 is 1.37 bits per heavy atom. The molecule has 1 heterocycles. The van der Waals surface area contributed by atoms with Crippen LogP contribution in [0, 0.1) is 0 Å². The maximum atomic E-state index is 12.9. The summed E-state index contributed by atoms with van der Waals surface area (Å²) < 4.78 is 0. The Labute approximate surface area is 177 Å². The molecule has 4 nitrogen and oxygen atoms in total. The average Bonchev–Trinajstić information content (AvgIpc) is 2.81. The second-order valence-corrected chi connectivity index (χ2v) is 7.73. The van der Waals surface area contributed by atoms with Gasteiger partial charge in [0.15, 0.2) is 5.78 Å². The Kier molecular flexibility index (Phi) is 6.35. The predicted octanol–water partition coefficient (Wildman–Crippen LogP) is 5.16. The molecule has 4 rings (SSSR count). The molecule has 0 bridgehead atoms. The molecule has 4 heteroatoms. The highest BCUT2D eigenvalue weighted by atomic mass is 16.2. The first-order chi connectivity index (χ1) is 14.7. The van der Waals surface area contributed by atoms with E-state index in [0.717, 1.165) is 25.3 Å². The minimum absolute atomic E-state index is 0.154. The lowest BCUT2D eigenvalue weighted by atomic mass is 9.98. The molecule has 30 heavy (non-hydrogen) atoms. The monoisotopic (exact) mass is 398 g/mol. The molecule has 0 spiro atoms. The Hall–Kier alpha value is -3.24. The number of nitrogens with zero attached hydrogens (tertiary/aromatic N) is 1. The van der Waals surface area contributed by atoms with Gasteiger partial charge in [-0.3, -0.25) is 14.5 Å². The maximum absolute atomic E-state index is 12.9. The minimum atomic E-state index is -0.279. The van der Waals surface area contributed by atoms with Crippen LogP contribution < -0.4 is 5.32 Å². The third kappa shape index (κ3) is 4.84. The van der Waals surface area contributed by atoms with E-state index in [4.69, 9.17) is 0 Å². The van der Waals surface area contributed by atoms with E-state index in [1.165, 1.54) is 24.8 Å². The predicted molar refractivity (Wildman–Crippen MR) is 120 cm³/mol. The highest BCUT2D eigenvalue weighted by Gasteiger charge is 2.18. The molecule has 1 aliphatic rings. The molecule has 0 saturated carbocycles. The van der Waals surface area contributed by atoms with Gasteiger partial charge in [0, 0.05) is 23.4 Å². The van der Waals surface area contributed by atoms with Crippen molar-refractivity contribution < 1.29 is 9.59 Å². The van der Waals surface area contributed by atoms with Crippen molar-refractivity contribution in [2.45, 2.75) is 25.8 Å². The Balaban J connectivity index is 1.46. The molecule has 152 valence electrons. The molecule has 3 aromatic rings. The largest absolute Gasteiger partial charge is 0.322 e. The highest BCUT2D eigenvalue weighted by Crippen LogP contribution is 2.19. The average molecular weight is 399 g/mol. The van der Waals surface area contributed by atoms with Crippen LogP contribution in [0.3, 0.4) is 0 Å². The molecule has 1 aliphatic heterocycles. The molecule has 1 N–H and O–H groups in total. The molecule has 0 unspecified atom stereocenters. The fraction of sp³-hybridized carbons (Fsp3) is 0.231. The zero-order valence-electron chi connectivity index (χ0n) is 17.0. The van der Waals surface area contributed by atoms with E-state index in [0.29, 0.717) is 16.7 Å². The first-order valence-corrected chi connectivity index (χ1v) is 10.5. The summed E-state index contributed by atoms with van der Waals surface area (Å²) >= 11 is 0. The molecule has 0 atom stereocenters. The van der Waals surface area contributed by atoms with E-state index in [1.807, 2.05) is 30.3 Å². The fourth-order valence-corrected chi connectivity index (χ4v) is 3.89. The third-order valence-electron chi connectivity index (χ3n) is 5.52. The van der Waals surface area contributed by atoms with Crippen LogP contribution in [0.1, 0.15) is 51.1 Å². The molecule has 0 aliphatic carbocycles. The van der Waals surface area contributed by atoms with Gasteiger partial charge in [-0.15, -0.1) is 0 Å². The van der Waals surface area contributed by atoms with Crippen LogP contribution >= 0.6 is 0 Å². The van der Waals surface area contributed by atoms with E-state index in [9.17, 15) is 9.59 Å². The summed E-state index contributed by atoms with van der Waals surface area (Å²) in [5.74, 6) is -0.433. The van der Waals surface area contributed by atoms with Crippen LogP contribution in [-0.2, 0) is 6.54 Å². The summed E-state index contributed by atoms with van der Waals surface area (Å²) in [6.45, 7) is 3.26. The van der Waals surface area contributed by atoms with Crippen molar-refractivity contribution in [2.24, 2.45) is 0 Å². The van der Waals surface area contributed by atoms with E-state index in [1.54, 1.807) is 36.4 Å². The highest BCUT2D eigenvalue weighted by molar-refractivity contribution is 6.17. The van der Waals surface area contributed by atoms with Crippen LogP contribution in [0.5, 0.6) is 0 Å². The van der Waals surface area contributed by atoms with Crippen molar-refractivity contribution in [1.29, 1.82) is 0 Å². The Bertz CT molecular complexity index is 1010. The van der Waals surface area contributed by atoms with Crippen molar-refractivity contribution in [3.8, 4) is 0 Å². The smallest absolute Gasteiger partial charge is 0.256 e. The van der Waals surface area contributed by atoms with Crippen LogP contribution in [0.25, 0.3) is 0 Å². The van der Waals surface area contributed by atoms with Crippen molar-refractivity contribution in [2.75, 3.05) is 18.4 Å². The third-order valence-corrected chi connectivity index (χ3v) is 5.52. The maximum Gasteiger partial charge on any atom is 0.256 e. The number of benzene rings is 3. The Morgan fingerprint density at radius 3 is 2.07 bits per heavy atom. The summed E-state index contributed by atoms with van der Waals surface area (Å²) in [4.78, 5) is 28.2. The number of hydrogen-bond donors (Lipinski definition) is 1. The second kappa shape index (κ2) is 9.51.